The molecule has 1 N–H and O–H groups in total. The Kier molecular flexibility index (Phi) is 3.92. The molecule has 124 valence electrons. The van der Waals surface area contributed by atoms with Crippen LogP contribution in [0.3, 0.4) is 0 Å². The molecule has 0 aliphatic carbocycles. The number of furan rings is 1. The molecular formula is C19H15N3O3. The number of imidazole rings is 1. The summed E-state index contributed by atoms with van der Waals surface area (Å²) in [5, 5.41) is 2.81. The highest BCUT2D eigenvalue weighted by atomic mass is 16.5. The highest BCUT2D eigenvalue weighted by Gasteiger charge is 2.08. The Morgan fingerprint density at radius 1 is 1.20 bits per heavy atom. The van der Waals surface area contributed by atoms with Gasteiger partial charge in [0.1, 0.15) is 24.3 Å². The number of fused-ring (bicyclic) bond motifs is 1. The number of nitrogens with one attached hydrogen (secondary N) is 1. The number of ether oxygens (including phenoxy) is 1. The molecule has 0 unspecified atom stereocenters. The van der Waals surface area contributed by atoms with E-state index in [9.17, 15) is 4.79 Å². The number of rotatable bonds is 5. The molecule has 0 radical (unpaired) electrons. The molecule has 4 aromatic rings. The van der Waals surface area contributed by atoms with E-state index >= 15 is 0 Å². The first kappa shape index (κ1) is 15.0. The Morgan fingerprint density at radius 3 is 3.00 bits per heavy atom. The molecule has 0 aliphatic rings. The maximum Gasteiger partial charge on any atom is 0.258 e. The van der Waals surface area contributed by atoms with E-state index in [0.29, 0.717) is 23.6 Å². The first-order chi connectivity index (χ1) is 12.3. The van der Waals surface area contributed by atoms with Crippen LogP contribution in [-0.4, -0.2) is 15.3 Å². The monoisotopic (exact) mass is 333 g/mol. The first-order valence-corrected chi connectivity index (χ1v) is 7.77. The van der Waals surface area contributed by atoms with E-state index in [4.69, 9.17) is 9.15 Å². The lowest BCUT2D eigenvalue weighted by Gasteiger charge is -2.07. The van der Waals surface area contributed by atoms with E-state index in [0.717, 1.165) is 11.3 Å². The number of nitrogens with zero attached hydrogens (tertiary/aromatic N) is 2. The zero-order valence-corrected chi connectivity index (χ0v) is 13.3. The zero-order chi connectivity index (χ0) is 17.1. The summed E-state index contributed by atoms with van der Waals surface area (Å²) in [7, 11) is 0. The summed E-state index contributed by atoms with van der Waals surface area (Å²) in [5.41, 5.74) is 2.83. The van der Waals surface area contributed by atoms with Gasteiger partial charge in [0.25, 0.3) is 5.91 Å². The molecule has 4 rings (SSSR count). The summed E-state index contributed by atoms with van der Waals surface area (Å²) < 4.78 is 12.6. The van der Waals surface area contributed by atoms with Gasteiger partial charge in [-0.25, -0.2) is 4.98 Å². The number of hydrogen-bond donors (Lipinski definition) is 1. The minimum atomic E-state index is -0.230. The lowest BCUT2D eigenvalue weighted by atomic mass is 10.2. The maximum atomic E-state index is 12.0. The molecule has 6 nitrogen and oxygen atoms in total. The van der Waals surface area contributed by atoms with Crippen LogP contribution in [0.2, 0.25) is 0 Å². The van der Waals surface area contributed by atoms with Gasteiger partial charge in [-0.3, -0.25) is 4.79 Å². The number of hydrogen-bond acceptors (Lipinski definition) is 4. The summed E-state index contributed by atoms with van der Waals surface area (Å²) in [6.07, 6.45) is 6.74. The van der Waals surface area contributed by atoms with Gasteiger partial charge in [-0.1, -0.05) is 12.1 Å². The van der Waals surface area contributed by atoms with Crippen molar-refractivity contribution in [3.8, 4) is 5.75 Å². The summed E-state index contributed by atoms with van der Waals surface area (Å²) >= 11 is 0. The summed E-state index contributed by atoms with van der Waals surface area (Å²) in [4.78, 5) is 16.5. The van der Waals surface area contributed by atoms with Crippen LogP contribution in [0.5, 0.6) is 5.75 Å². The van der Waals surface area contributed by atoms with Gasteiger partial charge in [-0.15, -0.1) is 0 Å². The van der Waals surface area contributed by atoms with Crippen molar-refractivity contribution in [1.82, 2.24) is 9.38 Å². The Labute approximate surface area is 143 Å². The van der Waals surface area contributed by atoms with Crippen molar-refractivity contribution >= 4 is 17.2 Å². The standard InChI is InChI=1S/C19H15N3O3/c23-19(14-7-9-24-12-14)21-15-4-3-5-17(10-15)25-13-16-11-22-8-2-1-6-18(22)20-16/h1-12H,13H2,(H,21,23). The van der Waals surface area contributed by atoms with E-state index in [1.165, 1.54) is 12.5 Å². The van der Waals surface area contributed by atoms with Crippen LogP contribution in [0.4, 0.5) is 5.69 Å². The van der Waals surface area contributed by atoms with Crippen molar-refractivity contribution < 1.29 is 13.9 Å². The van der Waals surface area contributed by atoms with Crippen molar-refractivity contribution in [2.75, 3.05) is 5.32 Å². The van der Waals surface area contributed by atoms with Gasteiger partial charge in [0.15, 0.2) is 0 Å². The van der Waals surface area contributed by atoms with Crippen LogP contribution in [-0.2, 0) is 6.61 Å². The number of pyridine rings is 1. The number of anilines is 1. The molecule has 3 heterocycles. The molecule has 1 amide bonds. The van der Waals surface area contributed by atoms with Crippen LogP contribution in [0.15, 0.2) is 77.9 Å². The highest BCUT2D eigenvalue weighted by Crippen LogP contribution is 2.19. The summed E-state index contributed by atoms with van der Waals surface area (Å²) in [6, 6.07) is 14.7. The SMILES string of the molecule is O=C(Nc1cccc(OCc2cn3ccccc3n2)c1)c1ccoc1. The number of amides is 1. The minimum Gasteiger partial charge on any atom is -0.487 e. The first-order valence-electron chi connectivity index (χ1n) is 7.77. The van der Waals surface area contributed by atoms with Crippen molar-refractivity contribution in [3.05, 3.63) is 84.7 Å². The van der Waals surface area contributed by atoms with Crippen LogP contribution in [0, 0.1) is 0 Å². The minimum absolute atomic E-state index is 0.230. The lowest BCUT2D eigenvalue weighted by Crippen LogP contribution is -2.10. The average Bonchev–Trinajstić information content (AvgIpc) is 3.29. The predicted octanol–water partition coefficient (Wildman–Crippen LogP) is 3.76. The third-order valence-corrected chi connectivity index (χ3v) is 3.68. The molecular weight excluding hydrogens is 318 g/mol. The number of carbonyl (C=O) groups excluding carboxylic acids is 1. The normalized spacial score (nSPS) is 10.7. The Hall–Kier alpha value is -3.54. The average molecular weight is 333 g/mol. The largest absolute Gasteiger partial charge is 0.487 e. The van der Waals surface area contributed by atoms with Gasteiger partial charge in [0, 0.05) is 24.1 Å². The van der Waals surface area contributed by atoms with Gasteiger partial charge in [-0.2, -0.15) is 0 Å². The maximum absolute atomic E-state index is 12.0. The molecule has 6 heteroatoms. The van der Waals surface area contributed by atoms with E-state index in [1.54, 1.807) is 18.2 Å². The molecule has 0 atom stereocenters. The Morgan fingerprint density at radius 2 is 2.16 bits per heavy atom. The van der Waals surface area contributed by atoms with Gasteiger partial charge in [-0.05, 0) is 30.3 Å². The molecule has 25 heavy (non-hydrogen) atoms. The number of aromatic nitrogens is 2. The Bertz CT molecular complexity index is 973. The third kappa shape index (κ3) is 3.37. The quantitative estimate of drug-likeness (QED) is 0.604. The van der Waals surface area contributed by atoms with Gasteiger partial charge < -0.3 is 18.9 Å². The second-order valence-electron chi connectivity index (χ2n) is 5.48. The van der Waals surface area contributed by atoms with Crippen LogP contribution in [0.1, 0.15) is 16.1 Å². The molecule has 0 saturated carbocycles. The number of benzene rings is 1. The van der Waals surface area contributed by atoms with Crippen molar-refractivity contribution in [3.63, 3.8) is 0 Å². The van der Waals surface area contributed by atoms with Crippen molar-refractivity contribution in [1.29, 1.82) is 0 Å². The predicted molar refractivity (Wildman–Crippen MR) is 92.6 cm³/mol. The second-order valence-corrected chi connectivity index (χ2v) is 5.48. The number of carbonyl (C=O) groups is 1. The van der Waals surface area contributed by atoms with Gasteiger partial charge in [0.05, 0.1) is 17.5 Å². The smallest absolute Gasteiger partial charge is 0.258 e. The van der Waals surface area contributed by atoms with Crippen LogP contribution in [0.25, 0.3) is 5.65 Å². The molecule has 0 saturated heterocycles. The van der Waals surface area contributed by atoms with E-state index in [1.807, 2.05) is 47.1 Å². The van der Waals surface area contributed by atoms with E-state index in [2.05, 4.69) is 10.3 Å². The van der Waals surface area contributed by atoms with E-state index in [-0.39, 0.29) is 5.91 Å². The van der Waals surface area contributed by atoms with Crippen LogP contribution >= 0.6 is 0 Å². The van der Waals surface area contributed by atoms with Gasteiger partial charge in [0.2, 0.25) is 0 Å². The fraction of sp³-hybridized carbons (Fsp3) is 0.0526. The van der Waals surface area contributed by atoms with Crippen LogP contribution < -0.4 is 10.1 Å². The van der Waals surface area contributed by atoms with Crippen molar-refractivity contribution in [2.45, 2.75) is 6.61 Å². The van der Waals surface area contributed by atoms with E-state index < -0.39 is 0 Å². The molecule has 0 bridgehead atoms. The fourth-order valence-corrected chi connectivity index (χ4v) is 2.47. The topological polar surface area (TPSA) is 68.8 Å². The van der Waals surface area contributed by atoms with Gasteiger partial charge >= 0.3 is 0 Å². The third-order valence-electron chi connectivity index (χ3n) is 3.68. The summed E-state index contributed by atoms with van der Waals surface area (Å²) in [6.45, 7) is 0.348. The van der Waals surface area contributed by atoms with Crippen molar-refractivity contribution in [2.24, 2.45) is 0 Å². The second kappa shape index (κ2) is 6.52. The molecule has 0 spiro atoms. The Balaban J connectivity index is 1.43. The zero-order valence-electron chi connectivity index (χ0n) is 13.3. The summed E-state index contributed by atoms with van der Waals surface area (Å²) in [5.74, 6) is 0.424. The fourth-order valence-electron chi connectivity index (χ4n) is 2.47. The molecule has 0 fully saturated rings. The highest BCUT2D eigenvalue weighted by molar-refractivity contribution is 6.04. The molecule has 0 aliphatic heterocycles. The lowest BCUT2D eigenvalue weighted by molar-refractivity contribution is 0.102. The molecule has 1 aromatic carbocycles. The molecule has 3 aromatic heterocycles.